The maximum absolute atomic E-state index is 12.0. The molecule has 0 atom stereocenters. The van der Waals surface area contributed by atoms with Gasteiger partial charge in [-0.25, -0.2) is 8.42 Å². The van der Waals surface area contributed by atoms with Crippen molar-refractivity contribution in [2.45, 2.75) is 36.8 Å². The van der Waals surface area contributed by atoms with Crippen LogP contribution in [0.4, 0.5) is 0 Å². The molecular weight excluding hydrogens is 262 g/mol. The molecule has 0 radical (unpaired) electrons. The van der Waals surface area contributed by atoms with Gasteiger partial charge in [-0.15, -0.1) is 0 Å². The Morgan fingerprint density at radius 1 is 1.16 bits per heavy atom. The van der Waals surface area contributed by atoms with Gasteiger partial charge in [0, 0.05) is 0 Å². The molecule has 102 valence electrons. The third-order valence-electron chi connectivity index (χ3n) is 3.01. The second-order valence-corrected chi connectivity index (χ2v) is 7.20. The number of aromatic nitrogens is 3. The lowest BCUT2D eigenvalue weighted by molar-refractivity contribution is 0.587. The molecule has 1 N–H and O–H groups in total. The minimum absolute atomic E-state index is 0.382. The molecule has 0 unspecified atom stereocenters. The monoisotopic (exact) mass is 279 g/mol. The van der Waals surface area contributed by atoms with Crippen molar-refractivity contribution < 1.29 is 8.42 Å². The Morgan fingerprint density at radius 2 is 1.84 bits per heavy atom. The first-order valence-electron chi connectivity index (χ1n) is 6.17. The molecular formula is C13H17N3O2S. The standard InChI is InChI=1S/C13H17N3O2S/c1-10(2)19(17,18)13-7-4-11(5-8-13)3-6-12-9-14-16-15-12/h4-5,7-10H,3,6H2,1-2H3,(H,14,15,16). The highest BCUT2D eigenvalue weighted by Crippen LogP contribution is 2.17. The summed E-state index contributed by atoms with van der Waals surface area (Å²) in [5.41, 5.74) is 1.99. The highest BCUT2D eigenvalue weighted by Gasteiger charge is 2.18. The fraction of sp³-hybridized carbons (Fsp3) is 0.385. The van der Waals surface area contributed by atoms with Crippen LogP contribution in [0, 0.1) is 0 Å². The molecule has 6 heteroatoms. The molecule has 0 aliphatic rings. The summed E-state index contributed by atoms with van der Waals surface area (Å²) in [6.45, 7) is 3.38. The van der Waals surface area contributed by atoms with Crippen molar-refractivity contribution in [1.82, 2.24) is 15.4 Å². The van der Waals surface area contributed by atoms with Gasteiger partial charge < -0.3 is 0 Å². The number of aryl methyl sites for hydroxylation is 2. The number of nitrogens with one attached hydrogen (secondary N) is 1. The summed E-state index contributed by atoms with van der Waals surface area (Å²) in [6, 6.07) is 7.06. The Labute approximate surface area is 113 Å². The van der Waals surface area contributed by atoms with E-state index in [9.17, 15) is 8.42 Å². The average Bonchev–Trinajstić information content (AvgIpc) is 2.90. The van der Waals surface area contributed by atoms with Gasteiger partial charge in [0.1, 0.15) is 0 Å². The van der Waals surface area contributed by atoms with Gasteiger partial charge in [0.05, 0.1) is 22.0 Å². The first-order valence-corrected chi connectivity index (χ1v) is 7.72. The number of rotatable bonds is 5. The van der Waals surface area contributed by atoms with Crippen LogP contribution in [0.5, 0.6) is 0 Å². The average molecular weight is 279 g/mol. The first-order chi connectivity index (χ1) is 9.00. The number of benzene rings is 1. The fourth-order valence-electron chi connectivity index (χ4n) is 1.74. The second kappa shape index (κ2) is 5.52. The predicted molar refractivity (Wildman–Crippen MR) is 72.6 cm³/mol. The number of nitrogens with zero attached hydrogens (tertiary/aromatic N) is 2. The van der Waals surface area contributed by atoms with E-state index in [4.69, 9.17) is 0 Å². The number of hydrogen-bond acceptors (Lipinski definition) is 4. The van der Waals surface area contributed by atoms with E-state index in [1.165, 1.54) is 0 Å². The zero-order valence-electron chi connectivity index (χ0n) is 11.0. The van der Waals surface area contributed by atoms with Crippen molar-refractivity contribution >= 4 is 9.84 Å². The molecule has 2 aromatic rings. The molecule has 1 aromatic heterocycles. The summed E-state index contributed by atoms with van der Waals surface area (Å²) in [7, 11) is -3.18. The lowest BCUT2D eigenvalue weighted by Gasteiger charge is -2.08. The Hall–Kier alpha value is -1.69. The van der Waals surface area contributed by atoms with Gasteiger partial charge in [-0.1, -0.05) is 12.1 Å². The van der Waals surface area contributed by atoms with Gasteiger partial charge in [-0.3, -0.25) is 0 Å². The van der Waals surface area contributed by atoms with Crippen molar-refractivity contribution in [2.24, 2.45) is 0 Å². The molecule has 0 amide bonds. The van der Waals surface area contributed by atoms with Gasteiger partial charge >= 0.3 is 0 Å². The normalized spacial score (nSPS) is 11.9. The maximum Gasteiger partial charge on any atom is 0.180 e. The lowest BCUT2D eigenvalue weighted by Crippen LogP contribution is -2.13. The summed E-state index contributed by atoms with van der Waals surface area (Å²) < 4.78 is 23.9. The molecule has 0 saturated carbocycles. The maximum atomic E-state index is 12.0. The SMILES string of the molecule is CC(C)S(=O)(=O)c1ccc(CCc2cn[nH]n2)cc1. The first kappa shape index (κ1) is 13.7. The summed E-state index contributed by atoms with van der Waals surface area (Å²) >= 11 is 0. The van der Waals surface area contributed by atoms with E-state index in [0.717, 1.165) is 24.1 Å². The van der Waals surface area contributed by atoms with E-state index in [-0.39, 0.29) is 0 Å². The molecule has 0 spiro atoms. The Balaban J connectivity index is 2.07. The van der Waals surface area contributed by atoms with Crippen molar-refractivity contribution in [3.8, 4) is 0 Å². The zero-order chi connectivity index (χ0) is 13.9. The van der Waals surface area contributed by atoms with Crippen LogP contribution < -0.4 is 0 Å². The van der Waals surface area contributed by atoms with Gasteiger partial charge in [0.25, 0.3) is 0 Å². The third-order valence-corrected chi connectivity index (χ3v) is 5.18. The summed E-state index contributed by atoms with van der Waals surface area (Å²) in [4.78, 5) is 0.382. The van der Waals surface area contributed by atoms with Crippen molar-refractivity contribution in [2.75, 3.05) is 0 Å². The fourth-order valence-corrected chi connectivity index (χ4v) is 2.80. The Morgan fingerprint density at radius 3 is 2.37 bits per heavy atom. The molecule has 1 heterocycles. The lowest BCUT2D eigenvalue weighted by atomic mass is 10.1. The molecule has 5 nitrogen and oxygen atoms in total. The van der Waals surface area contributed by atoms with Gasteiger partial charge in [-0.2, -0.15) is 15.4 Å². The topological polar surface area (TPSA) is 75.7 Å². The molecule has 2 rings (SSSR count). The molecule has 19 heavy (non-hydrogen) atoms. The zero-order valence-corrected chi connectivity index (χ0v) is 11.8. The van der Waals surface area contributed by atoms with Crippen LogP contribution in [0.15, 0.2) is 35.4 Å². The van der Waals surface area contributed by atoms with Crippen LogP contribution in [0.3, 0.4) is 0 Å². The van der Waals surface area contributed by atoms with E-state index in [1.54, 1.807) is 32.2 Å². The van der Waals surface area contributed by atoms with Gasteiger partial charge in [0.2, 0.25) is 0 Å². The number of aromatic amines is 1. The van der Waals surface area contributed by atoms with Gasteiger partial charge in [0.15, 0.2) is 9.84 Å². The molecule has 0 fully saturated rings. The van der Waals surface area contributed by atoms with Crippen LogP contribution in [0.2, 0.25) is 0 Å². The Bertz CT molecular complexity index is 616. The van der Waals surface area contributed by atoms with E-state index in [2.05, 4.69) is 15.4 Å². The van der Waals surface area contributed by atoms with Crippen LogP contribution in [-0.4, -0.2) is 29.1 Å². The summed E-state index contributed by atoms with van der Waals surface area (Å²) in [5, 5.41) is 9.90. The minimum Gasteiger partial charge on any atom is -0.223 e. The molecule has 1 aromatic carbocycles. The van der Waals surface area contributed by atoms with Crippen molar-refractivity contribution in [3.63, 3.8) is 0 Å². The predicted octanol–water partition coefficient (Wildman–Crippen LogP) is 1.77. The quantitative estimate of drug-likeness (QED) is 0.905. The third kappa shape index (κ3) is 3.20. The van der Waals surface area contributed by atoms with Crippen LogP contribution >= 0.6 is 0 Å². The number of H-pyrrole nitrogens is 1. The number of sulfone groups is 1. The molecule has 0 aliphatic carbocycles. The van der Waals surface area contributed by atoms with Crippen LogP contribution in [0.25, 0.3) is 0 Å². The van der Waals surface area contributed by atoms with E-state index in [1.807, 2.05) is 12.1 Å². The van der Waals surface area contributed by atoms with Crippen molar-refractivity contribution in [3.05, 3.63) is 41.7 Å². The molecule has 0 bridgehead atoms. The Kier molecular flexibility index (Phi) is 3.99. The van der Waals surface area contributed by atoms with Crippen molar-refractivity contribution in [1.29, 1.82) is 0 Å². The highest BCUT2D eigenvalue weighted by molar-refractivity contribution is 7.92. The van der Waals surface area contributed by atoms with E-state index < -0.39 is 15.1 Å². The minimum atomic E-state index is -3.18. The second-order valence-electron chi connectivity index (χ2n) is 4.70. The smallest absolute Gasteiger partial charge is 0.180 e. The molecule has 0 aliphatic heterocycles. The van der Waals surface area contributed by atoms with Crippen LogP contribution in [-0.2, 0) is 22.7 Å². The highest BCUT2D eigenvalue weighted by atomic mass is 32.2. The number of hydrogen-bond donors (Lipinski definition) is 1. The van der Waals surface area contributed by atoms with E-state index >= 15 is 0 Å². The van der Waals surface area contributed by atoms with Gasteiger partial charge in [-0.05, 0) is 44.4 Å². The van der Waals surface area contributed by atoms with Crippen LogP contribution in [0.1, 0.15) is 25.1 Å². The summed E-state index contributed by atoms with van der Waals surface area (Å²) in [6.07, 6.45) is 3.29. The molecule has 0 saturated heterocycles. The van der Waals surface area contributed by atoms with E-state index in [0.29, 0.717) is 4.90 Å². The summed E-state index contributed by atoms with van der Waals surface area (Å²) in [5.74, 6) is 0. The largest absolute Gasteiger partial charge is 0.223 e.